The van der Waals surface area contributed by atoms with Crippen molar-refractivity contribution in [2.24, 2.45) is 20.5 Å². The fourth-order valence-corrected chi connectivity index (χ4v) is 7.32. The van der Waals surface area contributed by atoms with Crippen LogP contribution in [0, 0.1) is 0 Å². The van der Waals surface area contributed by atoms with Gasteiger partial charge in [0.2, 0.25) is 0 Å². The highest BCUT2D eigenvalue weighted by Crippen LogP contribution is 2.26. The van der Waals surface area contributed by atoms with Crippen LogP contribution in [-0.2, 0) is 9.47 Å². The first-order valence-electron chi connectivity index (χ1n) is 25.4. The predicted octanol–water partition coefficient (Wildman–Crippen LogP) is 15.3. The first-order chi connectivity index (χ1) is 38.8. The molecular weight excluding hydrogens is 1010 g/mol. The zero-order valence-electron chi connectivity index (χ0n) is 45.3. The third-order valence-electron chi connectivity index (χ3n) is 11.9. The van der Waals surface area contributed by atoms with Gasteiger partial charge in [-0.05, 0) is 190 Å². The molecule has 15 nitrogen and oxygen atoms in total. The van der Waals surface area contributed by atoms with Crippen LogP contribution in [0.1, 0.15) is 101 Å². The molecule has 0 spiro atoms. The summed E-state index contributed by atoms with van der Waals surface area (Å²) in [6.07, 6.45) is 0.722. The molecule has 0 atom stereocenters. The molecule has 0 bridgehead atoms. The van der Waals surface area contributed by atoms with E-state index >= 15 is 0 Å². The lowest BCUT2D eigenvalue weighted by Crippen LogP contribution is -2.08. The van der Waals surface area contributed by atoms with Crippen LogP contribution in [0.4, 0.5) is 22.7 Å². The van der Waals surface area contributed by atoms with Crippen molar-refractivity contribution in [1.29, 1.82) is 0 Å². The SMILES string of the molecule is CCOc1ccc(C(=O)Oc2ccc(-c3ccc(C(=O)c4ccc(OC)cc4)cc3)cc2)cc1.COCCC(=O)c1ccc(N=Nc2ccc(C(C)=O)cc2)cc1.COCCC(=O)c1ccc(N=Nc2ccc(C(C)=O)cc2)cc1. The second kappa shape index (κ2) is 30.9. The van der Waals surface area contributed by atoms with Gasteiger partial charge in [0.15, 0.2) is 28.9 Å². The summed E-state index contributed by atoms with van der Waals surface area (Å²) >= 11 is 0. The Morgan fingerprint density at radius 1 is 0.362 bits per heavy atom. The summed E-state index contributed by atoms with van der Waals surface area (Å²) in [6, 6.07) is 56.3. The van der Waals surface area contributed by atoms with Gasteiger partial charge in [0.1, 0.15) is 17.2 Å². The van der Waals surface area contributed by atoms with E-state index < -0.39 is 5.97 Å². The molecule has 8 rings (SSSR count). The molecule has 80 heavy (non-hydrogen) atoms. The van der Waals surface area contributed by atoms with Crippen molar-refractivity contribution in [3.8, 4) is 28.4 Å². The van der Waals surface area contributed by atoms with Gasteiger partial charge in [-0.15, -0.1) is 0 Å². The van der Waals surface area contributed by atoms with Gasteiger partial charge in [0, 0.05) is 60.4 Å². The predicted molar refractivity (Wildman–Crippen MR) is 307 cm³/mol. The molecule has 0 saturated carbocycles. The number of ether oxygens (including phenoxy) is 5. The quantitative estimate of drug-likeness (QED) is 0.0271. The number of benzene rings is 8. The summed E-state index contributed by atoms with van der Waals surface area (Å²) in [6.45, 7) is 6.34. The summed E-state index contributed by atoms with van der Waals surface area (Å²) in [5.74, 6) is 1.49. The number of nitrogens with zero attached hydrogens (tertiary/aromatic N) is 4. The maximum atomic E-state index is 12.7. The first-order valence-corrected chi connectivity index (χ1v) is 25.4. The molecular formula is C65H60N4O11. The minimum absolute atomic E-state index is 0.0159. The average molecular weight is 1070 g/mol. The fraction of sp³-hybridized carbons (Fsp3) is 0.169. The van der Waals surface area contributed by atoms with E-state index in [1.165, 1.54) is 13.8 Å². The van der Waals surface area contributed by atoms with E-state index in [1.54, 1.807) is 179 Å². The molecule has 0 fully saturated rings. The van der Waals surface area contributed by atoms with Gasteiger partial charge < -0.3 is 23.7 Å². The largest absolute Gasteiger partial charge is 0.497 e. The Morgan fingerprint density at radius 2 is 0.675 bits per heavy atom. The Kier molecular flexibility index (Phi) is 23.0. The standard InChI is InChI=1S/C29H24O5.2C18H18N2O3/c1-3-33-26-16-12-24(13-17-26)29(31)34-27-18-8-21(9-19-27)20-4-6-22(7-5-20)28(30)23-10-14-25(32-2)15-11-23;2*1-13(21)14-3-7-16(8-4-14)19-20-17-9-5-15(6-10-17)18(22)11-12-23-2/h4-19H,3H2,1-2H3;2*3-10H,11-12H2,1-2H3. The van der Waals surface area contributed by atoms with Crippen LogP contribution >= 0.6 is 0 Å². The number of azo groups is 2. The highest BCUT2D eigenvalue weighted by Gasteiger charge is 2.13. The van der Waals surface area contributed by atoms with E-state index in [1.807, 2.05) is 43.3 Å². The van der Waals surface area contributed by atoms with Crippen molar-refractivity contribution in [3.63, 3.8) is 0 Å². The third-order valence-corrected chi connectivity index (χ3v) is 11.9. The monoisotopic (exact) mass is 1070 g/mol. The highest BCUT2D eigenvalue weighted by atomic mass is 16.5. The fourth-order valence-electron chi connectivity index (χ4n) is 7.32. The Bertz CT molecular complexity index is 3250. The summed E-state index contributed by atoms with van der Waals surface area (Å²) in [7, 11) is 4.73. The maximum absolute atomic E-state index is 12.7. The Morgan fingerprint density at radius 3 is 1.02 bits per heavy atom. The molecule has 0 aliphatic rings. The normalized spacial score (nSPS) is 10.7. The zero-order valence-corrected chi connectivity index (χ0v) is 45.3. The van der Waals surface area contributed by atoms with Crippen LogP contribution in [0.15, 0.2) is 215 Å². The first kappa shape index (κ1) is 59.5. The number of methoxy groups -OCH3 is 3. The van der Waals surface area contributed by atoms with Gasteiger partial charge >= 0.3 is 5.97 Å². The second-order valence-electron chi connectivity index (χ2n) is 17.5. The number of carbonyl (C=O) groups excluding carboxylic acids is 6. The minimum atomic E-state index is -0.433. The minimum Gasteiger partial charge on any atom is -0.497 e. The van der Waals surface area contributed by atoms with Gasteiger partial charge in [-0.1, -0.05) is 36.4 Å². The van der Waals surface area contributed by atoms with Crippen molar-refractivity contribution in [3.05, 3.63) is 233 Å². The van der Waals surface area contributed by atoms with Crippen molar-refractivity contribution >= 4 is 57.6 Å². The van der Waals surface area contributed by atoms with Crippen LogP contribution in [0.25, 0.3) is 11.1 Å². The van der Waals surface area contributed by atoms with Crippen LogP contribution in [-0.4, -0.2) is 76.0 Å². The smallest absolute Gasteiger partial charge is 0.343 e. The number of carbonyl (C=O) groups is 6. The lowest BCUT2D eigenvalue weighted by Gasteiger charge is -2.08. The highest BCUT2D eigenvalue weighted by molar-refractivity contribution is 6.09. The van der Waals surface area contributed by atoms with Gasteiger partial charge in [-0.25, -0.2) is 4.79 Å². The average Bonchev–Trinajstić information content (AvgIpc) is 3.50. The number of hydrogen-bond acceptors (Lipinski definition) is 15. The molecule has 8 aromatic carbocycles. The van der Waals surface area contributed by atoms with Gasteiger partial charge in [0.05, 0.1) is 55.2 Å². The van der Waals surface area contributed by atoms with Gasteiger partial charge in [-0.3, -0.25) is 24.0 Å². The number of esters is 1. The maximum Gasteiger partial charge on any atom is 0.343 e. The van der Waals surface area contributed by atoms with E-state index in [2.05, 4.69) is 20.5 Å². The van der Waals surface area contributed by atoms with E-state index in [9.17, 15) is 28.8 Å². The molecule has 0 saturated heterocycles. The van der Waals surface area contributed by atoms with Crippen LogP contribution < -0.4 is 14.2 Å². The lowest BCUT2D eigenvalue weighted by molar-refractivity contribution is 0.0733. The van der Waals surface area contributed by atoms with Crippen molar-refractivity contribution in [2.45, 2.75) is 33.6 Å². The van der Waals surface area contributed by atoms with Crippen molar-refractivity contribution in [1.82, 2.24) is 0 Å². The van der Waals surface area contributed by atoms with Crippen LogP contribution in [0.3, 0.4) is 0 Å². The molecule has 0 amide bonds. The molecule has 0 aliphatic heterocycles. The summed E-state index contributed by atoms with van der Waals surface area (Å²) in [5.41, 5.74) is 8.74. The van der Waals surface area contributed by atoms with Crippen LogP contribution in [0.5, 0.6) is 17.2 Å². The topological polar surface area (TPSA) is 198 Å². The molecule has 406 valence electrons. The van der Waals surface area contributed by atoms with Gasteiger partial charge in [-0.2, -0.15) is 20.5 Å². The third kappa shape index (κ3) is 18.5. The number of ketones is 5. The van der Waals surface area contributed by atoms with E-state index in [4.69, 9.17) is 23.7 Å². The second-order valence-corrected chi connectivity index (χ2v) is 17.5. The summed E-state index contributed by atoms with van der Waals surface area (Å²) in [5, 5.41) is 16.5. The molecule has 0 aliphatic carbocycles. The van der Waals surface area contributed by atoms with Gasteiger partial charge in [0.25, 0.3) is 0 Å². The summed E-state index contributed by atoms with van der Waals surface area (Å²) < 4.78 is 25.8. The van der Waals surface area contributed by atoms with E-state index in [0.29, 0.717) is 112 Å². The molecule has 0 unspecified atom stereocenters. The van der Waals surface area contributed by atoms with Crippen LogP contribution in [0.2, 0.25) is 0 Å². The molecule has 0 radical (unpaired) electrons. The number of rotatable bonds is 22. The lowest BCUT2D eigenvalue weighted by atomic mass is 9.99. The Hall–Kier alpha value is -9.70. The molecule has 8 aromatic rings. The summed E-state index contributed by atoms with van der Waals surface area (Å²) in [4.78, 5) is 71.1. The van der Waals surface area contributed by atoms with E-state index in [0.717, 1.165) is 11.1 Å². The van der Waals surface area contributed by atoms with Crippen molar-refractivity contribution < 1.29 is 52.5 Å². The van der Waals surface area contributed by atoms with E-state index in [-0.39, 0.29) is 28.9 Å². The molecule has 0 N–H and O–H groups in total. The zero-order chi connectivity index (χ0) is 57.2. The van der Waals surface area contributed by atoms with Crippen molar-refractivity contribution in [2.75, 3.05) is 41.2 Å². The number of hydrogen-bond donors (Lipinski definition) is 0. The Balaban J connectivity index is 0.000000200. The Labute approximate surface area is 464 Å². The molecule has 15 heteroatoms. The molecule has 0 aromatic heterocycles. The number of Topliss-reactive ketones (excluding diaryl/α,β-unsaturated/α-hetero) is 4. The molecule has 0 heterocycles.